The van der Waals surface area contributed by atoms with E-state index in [0.717, 1.165) is 5.69 Å². The number of rotatable bonds is 2. The highest BCUT2D eigenvalue weighted by molar-refractivity contribution is 6.68. The molecule has 6 heteroatoms. The molecule has 0 aliphatic rings. The van der Waals surface area contributed by atoms with E-state index in [4.69, 9.17) is 23.2 Å². The fourth-order valence-corrected chi connectivity index (χ4v) is 1.63. The van der Waals surface area contributed by atoms with Crippen molar-refractivity contribution in [1.29, 1.82) is 0 Å². The standard InChI is InChI=1S/C9H5Cl2N3O/c10-8-3-6(14-4-12-13-5-14)1-2-7(8)9(11)15/h1-5H. The van der Waals surface area contributed by atoms with E-state index in [0.29, 0.717) is 5.02 Å². The van der Waals surface area contributed by atoms with Crippen LogP contribution in [0.4, 0.5) is 0 Å². The van der Waals surface area contributed by atoms with E-state index < -0.39 is 5.24 Å². The van der Waals surface area contributed by atoms with Gasteiger partial charge in [-0.1, -0.05) is 11.6 Å². The minimum Gasteiger partial charge on any atom is -0.288 e. The maximum absolute atomic E-state index is 10.9. The van der Waals surface area contributed by atoms with Gasteiger partial charge in [0, 0.05) is 5.69 Å². The van der Waals surface area contributed by atoms with Gasteiger partial charge >= 0.3 is 0 Å². The molecule has 0 radical (unpaired) electrons. The molecular weight excluding hydrogens is 237 g/mol. The fraction of sp³-hybridized carbons (Fsp3) is 0. The van der Waals surface area contributed by atoms with Gasteiger partial charge in [0.1, 0.15) is 12.7 Å². The molecular formula is C9H5Cl2N3O. The van der Waals surface area contributed by atoms with Crippen LogP contribution >= 0.6 is 23.2 Å². The third-order valence-corrected chi connectivity index (χ3v) is 2.40. The number of carbonyl (C=O) groups excluding carboxylic acids is 1. The van der Waals surface area contributed by atoms with Gasteiger partial charge in [0.2, 0.25) is 0 Å². The molecule has 0 fully saturated rings. The first-order valence-corrected chi connectivity index (χ1v) is 4.78. The number of hydrogen-bond donors (Lipinski definition) is 0. The summed E-state index contributed by atoms with van der Waals surface area (Å²) in [5, 5.41) is 7.06. The molecule has 1 heterocycles. The van der Waals surface area contributed by atoms with Crippen molar-refractivity contribution in [1.82, 2.24) is 14.8 Å². The number of hydrogen-bond acceptors (Lipinski definition) is 3. The van der Waals surface area contributed by atoms with E-state index in [9.17, 15) is 4.79 Å². The summed E-state index contributed by atoms with van der Waals surface area (Å²) >= 11 is 11.2. The molecule has 0 saturated heterocycles. The van der Waals surface area contributed by atoms with E-state index in [1.807, 2.05) is 0 Å². The van der Waals surface area contributed by atoms with Crippen molar-refractivity contribution in [3.05, 3.63) is 41.4 Å². The quantitative estimate of drug-likeness (QED) is 0.759. The molecule has 0 N–H and O–H groups in total. The topological polar surface area (TPSA) is 47.8 Å². The summed E-state index contributed by atoms with van der Waals surface area (Å²) in [6, 6.07) is 4.90. The van der Waals surface area contributed by atoms with Gasteiger partial charge < -0.3 is 0 Å². The minimum atomic E-state index is -0.574. The van der Waals surface area contributed by atoms with Crippen LogP contribution in [0.5, 0.6) is 0 Å². The van der Waals surface area contributed by atoms with Crippen LogP contribution in [0.15, 0.2) is 30.9 Å². The van der Waals surface area contributed by atoms with Crippen molar-refractivity contribution in [3.8, 4) is 5.69 Å². The summed E-state index contributed by atoms with van der Waals surface area (Å²) in [7, 11) is 0. The van der Waals surface area contributed by atoms with Crippen molar-refractivity contribution < 1.29 is 4.79 Å². The van der Waals surface area contributed by atoms with Crippen LogP contribution < -0.4 is 0 Å². The molecule has 4 nitrogen and oxygen atoms in total. The van der Waals surface area contributed by atoms with E-state index in [-0.39, 0.29) is 5.56 Å². The van der Waals surface area contributed by atoms with Gasteiger partial charge in [0.05, 0.1) is 10.6 Å². The Morgan fingerprint density at radius 2 is 1.93 bits per heavy atom. The average Bonchev–Trinajstić information content (AvgIpc) is 2.69. The second-order valence-electron chi connectivity index (χ2n) is 2.81. The van der Waals surface area contributed by atoms with Crippen molar-refractivity contribution in [3.63, 3.8) is 0 Å². The maximum Gasteiger partial charge on any atom is 0.253 e. The van der Waals surface area contributed by atoms with Crippen molar-refractivity contribution >= 4 is 28.4 Å². The predicted molar refractivity (Wildman–Crippen MR) is 56.6 cm³/mol. The van der Waals surface area contributed by atoms with Crippen LogP contribution in [0.2, 0.25) is 5.02 Å². The van der Waals surface area contributed by atoms with Gasteiger partial charge in [0.15, 0.2) is 0 Å². The summed E-state index contributed by atoms with van der Waals surface area (Å²) in [6.07, 6.45) is 3.07. The molecule has 1 aromatic carbocycles. The van der Waals surface area contributed by atoms with Crippen LogP contribution in [0.3, 0.4) is 0 Å². The molecule has 1 aromatic heterocycles. The average molecular weight is 242 g/mol. The SMILES string of the molecule is O=C(Cl)c1ccc(-n2cnnc2)cc1Cl. The molecule has 76 valence electrons. The first-order chi connectivity index (χ1) is 7.18. The molecule has 0 amide bonds. The monoisotopic (exact) mass is 241 g/mol. The zero-order valence-electron chi connectivity index (χ0n) is 7.39. The zero-order chi connectivity index (χ0) is 10.8. The Morgan fingerprint density at radius 3 is 2.47 bits per heavy atom. The number of nitrogens with zero attached hydrogens (tertiary/aromatic N) is 3. The van der Waals surface area contributed by atoms with Crippen molar-refractivity contribution in [2.45, 2.75) is 0 Å². The summed E-state index contributed by atoms with van der Waals surface area (Å²) < 4.78 is 1.67. The van der Waals surface area contributed by atoms with E-state index in [1.54, 1.807) is 22.8 Å². The molecule has 15 heavy (non-hydrogen) atoms. The molecule has 0 spiro atoms. The lowest BCUT2D eigenvalue weighted by Crippen LogP contribution is -1.94. The Labute approximate surface area is 95.4 Å². The highest BCUT2D eigenvalue weighted by Gasteiger charge is 2.08. The van der Waals surface area contributed by atoms with Crippen LogP contribution in [-0.4, -0.2) is 20.0 Å². The first-order valence-electron chi connectivity index (χ1n) is 4.03. The zero-order valence-corrected chi connectivity index (χ0v) is 8.90. The summed E-state index contributed by atoms with van der Waals surface area (Å²) in [5.74, 6) is 0. The van der Waals surface area contributed by atoms with Crippen LogP contribution in [0.25, 0.3) is 5.69 Å². The van der Waals surface area contributed by atoms with Crippen molar-refractivity contribution in [2.75, 3.05) is 0 Å². The smallest absolute Gasteiger partial charge is 0.253 e. The van der Waals surface area contributed by atoms with E-state index in [1.165, 1.54) is 12.7 Å². The van der Waals surface area contributed by atoms with Crippen LogP contribution in [0.1, 0.15) is 10.4 Å². The Balaban J connectivity index is 2.47. The van der Waals surface area contributed by atoms with E-state index >= 15 is 0 Å². The summed E-state index contributed by atoms with van der Waals surface area (Å²) in [5.41, 5.74) is 1.06. The van der Waals surface area contributed by atoms with Crippen LogP contribution in [-0.2, 0) is 0 Å². The Kier molecular flexibility index (Phi) is 2.70. The van der Waals surface area contributed by atoms with Gasteiger partial charge in [-0.05, 0) is 29.8 Å². The molecule has 0 saturated carbocycles. The lowest BCUT2D eigenvalue weighted by molar-refractivity contribution is 0.108. The highest BCUT2D eigenvalue weighted by atomic mass is 35.5. The second kappa shape index (κ2) is 4.00. The normalized spacial score (nSPS) is 10.3. The number of benzene rings is 1. The van der Waals surface area contributed by atoms with Gasteiger partial charge in [-0.3, -0.25) is 9.36 Å². The van der Waals surface area contributed by atoms with Crippen LogP contribution in [0, 0.1) is 0 Å². The molecule has 0 aliphatic carbocycles. The lowest BCUT2D eigenvalue weighted by Gasteiger charge is -2.03. The maximum atomic E-state index is 10.9. The van der Waals surface area contributed by atoms with E-state index in [2.05, 4.69) is 10.2 Å². The van der Waals surface area contributed by atoms with Crippen molar-refractivity contribution in [2.24, 2.45) is 0 Å². The largest absolute Gasteiger partial charge is 0.288 e. The van der Waals surface area contributed by atoms with Gasteiger partial charge in [-0.15, -0.1) is 10.2 Å². The third kappa shape index (κ3) is 2.00. The summed E-state index contributed by atoms with van der Waals surface area (Å²) in [6.45, 7) is 0. The van der Waals surface area contributed by atoms with Gasteiger partial charge in [-0.2, -0.15) is 0 Å². The first kappa shape index (κ1) is 10.1. The molecule has 2 rings (SSSR count). The number of aromatic nitrogens is 3. The van der Waals surface area contributed by atoms with Gasteiger partial charge in [-0.25, -0.2) is 0 Å². The Hall–Kier alpha value is -1.39. The molecule has 0 unspecified atom stereocenters. The molecule has 2 aromatic rings. The number of carbonyl (C=O) groups is 1. The fourth-order valence-electron chi connectivity index (χ4n) is 1.16. The number of halogens is 2. The van der Waals surface area contributed by atoms with Gasteiger partial charge in [0.25, 0.3) is 5.24 Å². The second-order valence-corrected chi connectivity index (χ2v) is 3.56. The molecule has 0 bridgehead atoms. The minimum absolute atomic E-state index is 0.287. The third-order valence-electron chi connectivity index (χ3n) is 1.88. The lowest BCUT2D eigenvalue weighted by atomic mass is 10.2. The Bertz CT molecular complexity index is 496. The predicted octanol–water partition coefficient (Wildman–Crippen LogP) is 2.30. The summed E-state index contributed by atoms with van der Waals surface area (Å²) in [4.78, 5) is 10.9. The molecule has 0 atom stereocenters. The molecule has 0 aliphatic heterocycles. The Morgan fingerprint density at radius 1 is 1.27 bits per heavy atom. The highest BCUT2D eigenvalue weighted by Crippen LogP contribution is 2.21.